The maximum Gasteiger partial charge on any atom is 0.242 e. The fraction of sp³-hybridized carbons (Fsp3) is 0.579. The number of carbonyl (C=O) groups excluding carboxylic acids is 2. The van der Waals surface area contributed by atoms with Gasteiger partial charge in [-0.25, -0.2) is 0 Å². The number of nitrogens with zero attached hydrogens (tertiary/aromatic N) is 1. The molecule has 0 spiro atoms. The van der Waals surface area contributed by atoms with Gasteiger partial charge in [-0.1, -0.05) is 49.0 Å². The molecule has 6 heteroatoms. The third-order valence-electron chi connectivity index (χ3n) is 4.72. The Bertz CT molecular complexity index is 595. The van der Waals surface area contributed by atoms with Crippen molar-refractivity contribution in [3.05, 3.63) is 33.8 Å². The van der Waals surface area contributed by atoms with E-state index in [0.717, 1.165) is 32.1 Å². The second kappa shape index (κ2) is 9.44. The van der Waals surface area contributed by atoms with Crippen LogP contribution in [0.1, 0.15) is 57.9 Å². The summed E-state index contributed by atoms with van der Waals surface area (Å²) in [4.78, 5) is 26.8. The SMILES string of the molecule is CCCC(=O)N(Cc1c(Cl)cccc1Cl)[C@H](C)C(=O)NC1CCCC1. The molecule has 0 aliphatic heterocycles. The lowest BCUT2D eigenvalue weighted by Crippen LogP contribution is -2.49. The van der Waals surface area contributed by atoms with Crippen LogP contribution in [0.25, 0.3) is 0 Å². The summed E-state index contributed by atoms with van der Waals surface area (Å²) in [6, 6.07) is 4.92. The van der Waals surface area contributed by atoms with Gasteiger partial charge >= 0.3 is 0 Å². The van der Waals surface area contributed by atoms with Crippen LogP contribution in [0.2, 0.25) is 10.0 Å². The van der Waals surface area contributed by atoms with E-state index in [1.165, 1.54) is 0 Å². The van der Waals surface area contributed by atoms with Crippen molar-refractivity contribution in [1.82, 2.24) is 10.2 Å². The molecule has 0 radical (unpaired) electrons. The molecule has 25 heavy (non-hydrogen) atoms. The maximum absolute atomic E-state index is 12.6. The molecule has 2 amide bonds. The van der Waals surface area contributed by atoms with Crippen LogP contribution >= 0.6 is 23.2 Å². The van der Waals surface area contributed by atoms with E-state index < -0.39 is 6.04 Å². The summed E-state index contributed by atoms with van der Waals surface area (Å²) in [6.45, 7) is 3.95. The highest BCUT2D eigenvalue weighted by molar-refractivity contribution is 6.36. The number of hydrogen-bond donors (Lipinski definition) is 1. The van der Waals surface area contributed by atoms with Crippen LogP contribution in [-0.4, -0.2) is 28.8 Å². The second-order valence-corrected chi connectivity index (χ2v) is 7.45. The molecule has 1 atom stereocenters. The first-order valence-electron chi connectivity index (χ1n) is 8.96. The van der Waals surface area contributed by atoms with Crippen molar-refractivity contribution in [3.63, 3.8) is 0 Å². The highest BCUT2D eigenvalue weighted by Gasteiger charge is 2.28. The first kappa shape index (κ1) is 20.1. The van der Waals surface area contributed by atoms with Crippen molar-refractivity contribution in [2.45, 2.75) is 71.0 Å². The Kier molecular flexibility index (Phi) is 7.57. The monoisotopic (exact) mass is 384 g/mol. The quantitative estimate of drug-likeness (QED) is 0.748. The van der Waals surface area contributed by atoms with Gasteiger partial charge in [-0.15, -0.1) is 0 Å². The van der Waals surface area contributed by atoms with Gasteiger partial charge < -0.3 is 10.2 Å². The number of halogens is 2. The third kappa shape index (κ3) is 5.35. The standard InChI is InChI=1S/C19H26Cl2N2O2/c1-3-7-18(24)23(12-15-16(20)10-6-11-17(15)21)13(2)19(25)22-14-8-4-5-9-14/h6,10-11,13-14H,3-5,7-9,12H2,1-2H3,(H,22,25)/t13-/m1/s1. The number of carbonyl (C=O) groups is 2. The largest absolute Gasteiger partial charge is 0.352 e. The van der Waals surface area contributed by atoms with E-state index in [4.69, 9.17) is 23.2 Å². The highest BCUT2D eigenvalue weighted by Crippen LogP contribution is 2.27. The molecule has 1 N–H and O–H groups in total. The van der Waals surface area contributed by atoms with Crippen LogP contribution in [0.3, 0.4) is 0 Å². The van der Waals surface area contributed by atoms with Crippen LogP contribution < -0.4 is 5.32 Å². The molecule has 1 aliphatic rings. The van der Waals surface area contributed by atoms with Crippen molar-refractivity contribution in [1.29, 1.82) is 0 Å². The van der Waals surface area contributed by atoms with Gasteiger partial charge in [0, 0.05) is 34.6 Å². The van der Waals surface area contributed by atoms with E-state index in [0.29, 0.717) is 22.0 Å². The molecule has 1 aromatic rings. The maximum atomic E-state index is 12.6. The molecular formula is C19H26Cl2N2O2. The summed E-state index contributed by atoms with van der Waals surface area (Å²) in [5.74, 6) is -0.174. The summed E-state index contributed by atoms with van der Waals surface area (Å²) in [5, 5.41) is 4.08. The van der Waals surface area contributed by atoms with Crippen LogP contribution in [0.4, 0.5) is 0 Å². The first-order valence-corrected chi connectivity index (χ1v) is 9.72. The summed E-state index contributed by atoms with van der Waals surface area (Å²) in [5.41, 5.74) is 0.677. The molecular weight excluding hydrogens is 359 g/mol. The summed E-state index contributed by atoms with van der Waals surface area (Å²) < 4.78 is 0. The van der Waals surface area contributed by atoms with E-state index in [1.807, 2.05) is 6.92 Å². The molecule has 1 fully saturated rings. The average molecular weight is 385 g/mol. The minimum atomic E-state index is -0.563. The van der Waals surface area contributed by atoms with Crippen LogP contribution in [0.5, 0.6) is 0 Å². The van der Waals surface area contributed by atoms with Gasteiger partial charge in [-0.05, 0) is 38.3 Å². The van der Waals surface area contributed by atoms with Crippen molar-refractivity contribution < 1.29 is 9.59 Å². The van der Waals surface area contributed by atoms with Gasteiger partial charge in [0.1, 0.15) is 6.04 Å². The van der Waals surface area contributed by atoms with Crippen LogP contribution in [-0.2, 0) is 16.1 Å². The van der Waals surface area contributed by atoms with E-state index in [1.54, 1.807) is 30.0 Å². The fourth-order valence-corrected chi connectivity index (χ4v) is 3.70. The Balaban J connectivity index is 2.16. The van der Waals surface area contributed by atoms with Crippen LogP contribution in [0, 0.1) is 0 Å². The number of benzene rings is 1. The second-order valence-electron chi connectivity index (χ2n) is 6.64. The van der Waals surface area contributed by atoms with Crippen LogP contribution in [0.15, 0.2) is 18.2 Å². The smallest absolute Gasteiger partial charge is 0.242 e. The van der Waals surface area contributed by atoms with E-state index in [9.17, 15) is 9.59 Å². The predicted octanol–water partition coefficient (Wildman–Crippen LogP) is 4.57. The minimum Gasteiger partial charge on any atom is -0.352 e. The Morgan fingerprint density at radius 2 is 1.84 bits per heavy atom. The number of rotatable bonds is 7. The molecule has 1 saturated carbocycles. The zero-order valence-electron chi connectivity index (χ0n) is 14.9. The molecule has 0 bridgehead atoms. The summed E-state index contributed by atoms with van der Waals surface area (Å²) in [7, 11) is 0. The number of nitrogens with one attached hydrogen (secondary N) is 1. The lowest BCUT2D eigenvalue weighted by molar-refractivity contribution is -0.140. The van der Waals surface area contributed by atoms with Crippen molar-refractivity contribution in [2.75, 3.05) is 0 Å². The Morgan fingerprint density at radius 3 is 2.40 bits per heavy atom. The third-order valence-corrected chi connectivity index (χ3v) is 5.43. The van der Waals surface area contributed by atoms with Crippen molar-refractivity contribution in [2.24, 2.45) is 0 Å². The van der Waals surface area contributed by atoms with E-state index >= 15 is 0 Å². The molecule has 1 aromatic carbocycles. The Hall–Kier alpha value is -1.26. The molecule has 0 aromatic heterocycles. The topological polar surface area (TPSA) is 49.4 Å². The normalized spacial score (nSPS) is 15.8. The van der Waals surface area contributed by atoms with Gasteiger partial charge in [0.15, 0.2) is 0 Å². The number of hydrogen-bond acceptors (Lipinski definition) is 2. The molecule has 0 heterocycles. The van der Waals surface area contributed by atoms with E-state index in [2.05, 4.69) is 5.32 Å². The highest BCUT2D eigenvalue weighted by atomic mass is 35.5. The minimum absolute atomic E-state index is 0.0624. The van der Waals surface area contributed by atoms with Gasteiger partial charge in [0.05, 0.1) is 0 Å². The predicted molar refractivity (Wildman–Crippen MR) is 102 cm³/mol. The molecule has 4 nitrogen and oxygen atoms in total. The van der Waals surface area contributed by atoms with Crippen molar-refractivity contribution in [3.8, 4) is 0 Å². The van der Waals surface area contributed by atoms with Gasteiger partial charge in [0.2, 0.25) is 11.8 Å². The zero-order valence-corrected chi connectivity index (χ0v) is 16.4. The van der Waals surface area contributed by atoms with E-state index in [-0.39, 0.29) is 24.4 Å². The molecule has 1 aliphatic carbocycles. The lowest BCUT2D eigenvalue weighted by atomic mass is 10.1. The molecule has 138 valence electrons. The van der Waals surface area contributed by atoms with Gasteiger partial charge in [-0.2, -0.15) is 0 Å². The molecule has 2 rings (SSSR count). The Morgan fingerprint density at radius 1 is 1.24 bits per heavy atom. The average Bonchev–Trinajstić information content (AvgIpc) is 3.07. The van der Waals surface area contributed by atoms with Crippen molar-refractivity contribution >= 4 is 35.0 Å². The fourth-order valence-electron chi connectivity index (χ4n) is 3.19. The van der Waals surface area contributed by atoms with Gasteiger partial charge in [-0.3, -0.25) is 9.59 Å². The summed E-state index contributed by atoms with van der Waals surface area (Å²) in [6.07, 6.45) is 5.43. The molecule has 0 saturated heterocycles. The number of amides is 2. The lowest BCUT2D eigenvalue weighted by Gasteiger charge is -2.30. The zero-order chi connectivity index (χ0) is 18.4. The first-order chi connectivity index (χ1) is 11.9. The van der Waals surface area contributed by atoms with Gasteiger partial charge in [0.25, 0.3) is 0 Å². The summed E-state index contributed by atoms with van der Waals surface area (Å²) >= 11 is 12.5. The Labute approximate surface area is 159 Å². The molecule has 0 unspecified atom stereocenters.